The second-order valence-electron chi connectivity index (χ2n) is 10.9. The highest BCUT2D eigenvalue weighted by molar-refractivity contribution is 5.92. The van der Waals surface area contributed by atoms with Crippen LogP contribution in [0.3, 0.4) is 0 Å². The third-order valence-electron chi connectivity index (χ3n) is 6.18. The predicted octanol–water partition coefficient (Wildman–Crippen LogP) is 5.26. The molecule has 7 nitrogen and oxygen atoms in total. The van der Waals surface area contributed by atoms with Crippen molar-refractivity contribution in [3.05, 3.63) is 69.3 Å². The van der Waals surface area contributed by atoms with Crippen LogP contribution in [0.25, 0.3) is 6.08 Å². The number of hydrogen-bond donors (Lipinski definition) is 1. The van der Waals surface area contributed by atoms with E-state index in [0.29, 0.717) is 31.9 Å². The molecule has 1 aliphatic heterocycles. The van der Waals surface area contributed by atoms with Crippen LogP contribution in [0.4, 0.5) is 11.4 Å². The van der Waals surface area contributed by atoms with E-state index >= 15 is 0 Å². The van der Waals surface area contributed by atoms with E-state index in [-0.39, 0.29) is 22.4 Å². The zero-order valence-electron chi connectivity index (χ0n) is 21.0. The number of carbonyl (C=O) groups excluding carboxylic acids is 1. The van der Waals surface area contributed by atoms with E-state index in [2.05, 4.69) is 46.4 Å². The van der Waals surface area contributed by atoms with Gasteiger partial charge < -0.3 is 14.9 Å². The zero-order valence-corrected chi connectivity index (χ0v) is 21.0. The standard InChI is InChI=1S/C27H35N3O4/c1-26(2,3)22-17-19(18-23(25(22)32)27(4,5)6)7-12-24(31)29-15-13-28(14-16-29)20-8-10-21(11-9-20)30(33)34/h7-12,17-18,32H,13-16H2,1-6H3. The van der Waals surface area contributed by atoms with E-state index in [0.717, 1.165) is 22.4 Å². The number of nitrogens with zero attached hydrogens (tertiary/aromatic N) is 3. The van der Waals surface area contributed by atoms with Gasteiger partial charge in [-0.2, -0.15) is 0 Å². The van der Waals surface area contributed by atoms with E-state index in [1.165, 1.54) is 12.1 Å². The van der Waals surface area contributed by atoms with Gasteiger partial charge >= 0.3 is 0 Å². The van der Waals surface area contributed by atoms with Gasteiger partial charge in [0.15, 0.2) is 0 Å². The Morgan fingerprint density at radius 3 is 1.88 bits per heavy atom. The Labute approximate surface area is 201 Å². The Hall–Kier alpha value is -3.35. The number of hydrogen-bond acceptors (Lipinski definition) is 5. The number of phenols is 1. The number of phenolic OH excluding ortho intramolecular Hbond substituents is 1. The minimum absolute atomic E-state index is 0.0500. The summed E-state index contributed by atoms with van der Waals surface area (Å²) in [6, 6.07) is 10.4. The summed E-state index contributed by atoms with van der Waals surface area (Å²) in [5.41, 5.74) is 3.15. The first-order chi connectivity index (χ1) is 15.8. The second kappa shape index (κ2) is 9.49. The first kappa shape index (κ1) is 25.3. The summed E-state index contributed by atoms with van der Waals surface area (Å²) in [7, 11) is 0. The highest BCUT2D eigenvalue weighted by Gasteiger charge is 2.26. The number of nitro groups is 1. The van der Waals surface area contributed by atoms with Crippen molar-refractivity contribution in [1.82, 2.24) is 4.90 Å². The molecule has 0 radical (unpaired) electrons. The maximum Gasteiger partial charge on any atom is 0.269 e. The third kappa shape index (κ3) is 5.76. The van der Waals surface area contributed by atoms with E-state index in [9.17, 15) is 20.0 Å². The predicted molar refractivity (Wildman–Crippen MR) is 136 cm³/mol. The molecule has 34 heavy (non-hydrogen) atoms. The van der Waals surface area contributed by atoms with Gasteiger partial charge in [0.05, 0.1) is 4.92 Å². The quantitative estimate of drug-likeness (QED) is 0.378. The van der Waals surface area contributed by atoms with Crippen LogP contribution in [0.2, 0.25) is 0 Å². The van der Waals surface area contributed by atoms with Crippen molar-refractivity contribution in [3.63, 3.8) is 0 Å². The van der Waals surface area contributed by atoms with E-state index < -0.39 is 4.92 Å². The first-order valence-electron chi connectivity index (χ1n) is 11.6. The Morgan fingerprint density at radius 2 is 1.44 bits per heavy atom. The van der Waals surface area contributed by atoms with Crippen LogP contribution in [0, 0.1) is 10.1 Å². The number of aromatic hydroxyl groups is 1. The summed E-state index contributed by atoms with van der Waals surface area (Å²) in [5, 5.41) is 21.7. The van der Waals surface area contributed by atoms with Gasteiger partial charge in [0.25, 0.3) is 5.69 Å². The fourth-order valence-corrected chi connectivity index (χ4v) is 4.14. The van der Waals surface area contributed by atoms with E-state index in [4.69, 9.17) is 0 Å². The van der Waals surface area contributed by atoms with Crippen molar-refractivity contribution >= 4 is 23.4 Å². The van der Waals surface area contributed by atoms with Gasteiger partial charge in [0.2, 0.25) is 5.91 Å². The topological polar surface area (TPSA) is 86.9 Å². The molecular formula is C27H35N3O4. The number of nitro benzene ring substituents is 1. The summed E-state index contributed by atoms with van der Waals surface area (Å²) in [6.07, 6.45) is 3.43. The summed E-state index contributed by atoms with van der Waals surface area (Å²) in [5.74, 6) is 0.275. The molecule has 2 aromatic carbocycles. The fourth-order valence-electron chi connectivity index (χ4n) is 4.14. The van der Waals surface area contributed by atoms with Crippen molar-refractivity contribution in [2.75, 3.05) is 31.1 Å². The van der Waals surface area contributed by atoms with Crippen molar-refractivity contribution in [2.24, 2.45) is 0 Å². The van der Waals surface area contributed by atoms with Crippen LogP contribution < -0.4 is 4.90 Å². The van der Waals surface area contributed by atoms with Gasteiger partial charge in [-0.15, -0.1) is 0 Å². The van der Waals surface area contributed by atoms with E-state index in [1.54, 1.807) is 18.2 Å². The van der Waals surface area contributed by atoms with Crippen LogP contribution in [0.15, 0.2) is 42.5 Å². The number of benzene rings is 2. The lowest BCUT2D eigenvalue weighted by Gasteiger charge is -2.35. The summed E-state index contributed by atoms with van der Waals surface area (Å²) < 4.78 is 0. The Balaban J connectivity index is 1.71. The number of anilines is 1. The fraction of sp³-hybridized carbons (Fsp3) is 0.444. The molecule has 1 aliphatic rings. The first-order valence-corrected chi connectivity index (χ1v) is 11.6. The van der Waals surface area contributed by atoms with Gasteiger partial charge in [0, 0.05) is 61.2 Å². The molecule has 1 heterocycles. The molecule has 0 unspecified atom stereocenters. The molecule has 0 saturated carbocycles. The molecule has 1 saturated heterocycles. The van der Waals surface area contributed by atoms with Crippen LogP contribution in [-0.4, -0.2) is 47.0 Å². The summed E-state index contributed by atoms with van der Waals surface area (Å²) in [6.45, 7) is 14.9. The van der Waals surface area contributed by atoms with Crippen molar-refractivity contribution in [1.29, 1.82) is 0 Å². The third-order valence-corrected chi connectivity index (χ3v) is 6.18. The van der Waals surface area contributed by atoms with Crippen LogP contribution in [0.5, 0.6) is 5.75 Å². The molecule has 1 fully saturated rings. The number of non-ortho nitro benzene ring substituents is 1. The van der Waals surface area contributed by atoms with Gasteiger partial charge in [0.1, 0.15) is 5.75 Å². The van der Waals surface area contributed by atoms with E-state index in [1.807, 2.05) is 23.1 Å². The minimum atomic E-state index is -0.407. The SMILES string of the molecule is CC(C)(C)c1cc(C=CC(=O)N2CCN(c3ccc([N+](=O)[O-])cc3)CC2)cc(C(C)(C)C)c1O. The molecule has 0 aromatic heterocycles. The Kier molecular flexibility index (Phi) is 7.05. The van der Waals surface area contributed by atoms with Gasteiger partial charge in [-0.3, -0.25) is 14.9 Å². The Bertz CT molecular complexity index is 1050. The number of carbonyl (C=O) groups is 1. The molecular weight excluding hydrogens is 430 g/mol. The molecule has 0 atom stereocenters. The van der Waals surface area contributed by atoms with Gasteiger partial charge in [-0.1, -0.05) is 41.5 Å². The average molecular weight is 466 g/mol. The lowest BCUT2D eigenvalue weighted by Crippen LogP contribution is -2.48. The van der Waals surface area contributed by atoms with Gasteiger partial charge in [-0.25, -0.2) is 0 Å². The number of piperazine rings is 1. The maximum absolute atomic E-state index is 12.9. The lowest BCUT2D eigenvalue weighted by atomic mass is 9.78. The highest BCUT2D eigenvalue weighted by atomic mass is 16.6. The monoisotopic (exact) mass is 465 g/mol. The molecule has 1 N–H and O–H groups in total. The normalized spacial score (nSPS) is 15.1. The molecule has 182 valence electrons. The lowest BCUT2D eigenvalue weighted by molar-refractivity contribution is -0.384. The molecule has 7 heteroatoms. The molecule has 0 aliphatic carbocycles. The largest absolute Gasteiger partial charge is 0.507 e. The van der Waals surface area contributed by atoms with Gasteiger partial charge in [-0.05, 0) is 46.7 Å². The molecule has 1 amide bonds. The van der Waals surface area contributed by atoms with Crippen molar-refractivity contribution in [3.8, 4) is 5.75 Å². The van der Waals surface area contributed by atoms with Crippen molar-refractivity contribution < 1.29 is 14.8 Å². The smallest absolute Gasteiger partial charge is 0.269 e. The summed E-state index contributed by atoms with van der Waals surface area (Å²) >= 11 is 0. The summed E-state index contributed by atoms with van der Waals surface area (Å²) in [4.78, 5) is 27.2. The minimum Gasteiger partial charge on any atom is -0.507 e. The molecule has 2 aromatic rings. The average Bonchev–Trinajstić information content (AvgIpc) is 2.76. The van der Waals surface area contributed by atoms with Crippen LogP contribution in [-0.2, 0) is 15.6 Å². The maximum atomic E-state index is 12.9. The van der Waals surface area contributed by atoms with Crippen molar-refractivity contribution in [2.45, 2.75) is 52.4 Å². The number of amides is 1. The number of rotatable bonds is 4. The highest BCUT2D eigenvalue weighted by Crippen LogP contribution is 2.40. The van der Waals surface area contributed by atoms with Crippen LogP contribution in [0.1, 0.15) is 58.2 Å². The van der Waals surface area contributed by atoms with Crippen LogP contribution >= 0.6 is 0 Å². The molecule has 0 spiro atoms. The molecule has 3 rings (SSSR count). The second-order valence-corrected chi connectivity index (χ2v) is 10.9. The molecule has 0 bridgehead atoms. The zero-order chi connectivity index (χ0) is 25.3. The Morgan fingerprint density at radius 1 is 0.941 bits per heavy atom.